The molecule has 14 heavy (non-hydrogen) atoms. The zero-order valence-corrected chi connectivity index (χ0v) is 11.2. The van der Waals surface area contributed by atoms with Gasteiger partial charge in [-0.1, -0.05) is 6.92 Å². The number of rotatable bonds is 8. The monoisotopic (exact) mass is 218 g/mol. The first-order valence-corrected chi connectivity index (χ1v) is 6.94. The van der Waals surface area contributed by atoms with E-state index in [1.165, 1.54) is 12.2 Å². The second kappa shape index (κ2) is 8.57. The van der Waals surface area contributed by atoms with Crippen LogP contribution in [0.1, 0.15) is 27.2 Å². The Morgan fingerprint density at radius 3 is 2.43 bits per heavy atom. The Labute approximate surface area is 93.8 Å². The Kier molecular flexibility index (Phi) is 8.73. The van der Waals surface area contributed by atoms with Crippen molar-refractivity contribution in [3.63, 3.8) is 0 Å². The van der Waals surface area contributed by atoms with Crippen LogP contribution in [0.3, 0.4) is 0 Å². The first-order chi connectivity index (χ1) is 6.63. The second-order valence-electron chi connectivity index (χ2n) is 3.96. The van der Waals surface area contributed by atoms with E-state index in [1.807, 2.05) is 11.8 Å². The Balaban J connectivity index is 3.68. The van der Waals surface area contributed by atoms with Crippen LogP contribution >= 0.6 is 11.8 Å². The summed E-state index contributed by atoms with van der Waals surface area (Å²) in [5, 5.41) is 3.37. The van der Waals surface area contributed by atoms with Gasteiger partial charge in [0, 0.05) is 17.8 Å². The molecule has 2 nitrogen and oxygen atoms in total. The molecular formula is C11H26N2S. The Bertz CT molecular complexity index is 130. The van der Waals surface area contributed by atoms with Crippen molar-refractivity contribution in [2.24, 2.45) is 0 Å². The van der Waals surface area contributed by atoms with E-state index in [0.29, 0.717) is 12.1 Å². The van der Waals surface area contributed by atoms with Gasteiger partial charge in [-0.05, 0) is 46.7 Å². The maximum atomic E-state index is 3.37. The molecule has 0 bridgehead atoms. The van der Waals surface area contributed by atoms with Crippen LogP contribution in [-0.4, -0.2) is 49.1 Å². The van der Waals surface area contributed by atoms with E-state index in [-0.39, 0.29) is 0 Å². The van der Waals surface area contributed by atoms with Crippen LogP contribution in [0.2, 0.25) is 0 Å². The highest BCUT2D eigenvalue weighted by atomic mass is 32.2. The molecule has 0 aromatic rings. The molecule has 2 unspecified atom stereocenters. The van der Waals surface area contributed by atoms with E-state index in [2.05, 4.69) is 44.3 Å². The lowest BCUT2D eigenvalue weighted by Crippen LogP contribution is -2.39. The van der Waals surface area contributed by atoms with Crippen LogP contribution in [0.25, 0.3) is 0 Å². The molecule has 0 saturated heterocycles. The molecular weight excluding hydrogens is 192 g/mol. The van der Waals surface area contributed by atoms with Gasteiger partial charge in [0.05, 0.1) is 0 Å². The third-order valence-corrected chi connectivity index (χ3v) is 3.60. The van der Waals surface area contributed by atoms with Crippen LogP contribution < -0.4 is 5.32 Å². The van der Waals surface area contributed by atoms with Gasteiger partial charge < -0.3 is 10.2 Å². The van der Waals surface area contributed by atoms with Gasteiger partial charge in [-0.15, -0.1) is 0 Å². The standard InChI is InChI=1S/C11H26N2S/c1-6-12-8-7-10(2)13(4)11(3)9-14-5/h10-12H,6-9H2,1-5H3. The van der Waals surface area contributed by atoms with Gasteiger partial charge in [0.2, 0.25) is 0 Å². The SMILES string of the molecule is CCNCCC(C)N(C)C(C)CSC. The van der Waals surface area contributed by atoms with Crippen molar-refractivity contribution in [2.45, 2.75) is 39.3 Å². The Morgan fingerprint density at radius 1 is 1.29 bits per heavy atom. The minimum absolute atomic E-state index is 0.677. The van der Waals surface area contributed by atoms with Gasteiger partial charge in [-0.2, -0.15) is 11.8 Å². The molecule has 0 heterocycles. The zero-order chi connectivity index (χ0) is 11.0. The van der Waals surface area contributed by atoms with Gasteiger partial charge in [0.1, 0.15) is 0 Å². The molecule has 86 valence electrons. The van der Waals surface area contributed by atoms with Gasteiger partial charge in [0.15, 0.2) is 0 Å². The highest BCUT2D eigenvalue weighted by molar-refractivity contribution is 7.98. The summed E-state index contributed by atoms with van der Waals surface area (Å²) >= 11 is 1.93. The fourth-order valence-electron chi connectivity index (χ4n) is 1.48. The molecule has 0 rings (SSSR count). The molecule has 1 N–H and O–H groups in total. The molecule has 0 fully saturated rings. The van der Waals surface area contributed by atoms with Crippen molar-refractivity contribution >= 4 is 11.8 Å². The predicted octanol–water partition coefficient (Wildman–Crippen LogP) is 2.06. The third kappa shape index (κ3) is 5.89. The maximum absolute atomic E-state index is 3.37. The first-order valence-electron chi connectivity index (χ1n) is 5.55. The summed E-state index contributed by atoms with van der Waals surface area (Å²) in [6, 6.07) is 1.36. The topological polar surface area (TPSA) is 15.3 Å². The average molecular weight is 218 g/mol. The lowest BCUT2D eigenvalue weighted by atomic mass is 10.2. The predicted molar refractivity (Wildman–Crippen MR) is 68.2 cm³/mol. The van der Waals surface area contributed by atoms with Crippen molar-refractivity contribution in [1.82, 2.24) is 10.2 Å². The highest BCUT2D eigenvalue weighted by Gasteiger charge is 2.14. The molecule has 0 aliphatic rings. The zero-order valence-electron chi connectivity index (χ0n) is 10.3. The normalized spacial score (nSPS) is 15.9. The number of nitrogens with zero attached hydrogens (tertiary/aromatic N) is 1. The molecule has 0 aliphatic heterocycles. The van der Waals surface area contributed by atoms with Crippen LogP contribution in [0.5, 0.6) is 0 Å². The second-order valence-corrected chi connectivity index (χ2v) is 4.87. The van der Waals surface area contributed by atoms with E-state index in [9.17, 15) is 0 Å². The summed E-state index contributed by atoms with van der Waals surface area (Å²) in [5.74, 6) is 1.22. The number of hydrogen-bond acceptors (Lipinski definition) is 3. The fourth-order valence-corrected chi connectivity index (χ4v) is 2.20. The van der Waals surface area contributed by atoms with Crippen molar-refractivity contribution in [1.29, 1.82) is 0 Å². The van der Waals surface area contributed by atoms with E-state index in [0.717, 1.165) is 13.1 Å². The minimum atomic E-state index is 0.677. The molecule has 0 saturated carbocycles. The summed E-state index contributed by atoms with van der Waals surface area (Å²) in [6.07, 6.45) is 3.41. The van der Waals surface area contributed by atoms with E-state index in [1.54, 1.807) is 0 Å². The third-order valence-electron chi connectivity index (χ3n) is 2.79. The molecule has 0 spiro atoms. The van der Waals surface area contributed by atoms with Crippen molar-refractivity contribution < 1.29 is 0 Å². The van der Waals surface area contributed by atoms with Crippen LogP contribution in [0, 0.1) is 0 Å². The van der Waals surface area contributed by atoms with Gasteiger partial charge in [-0.25, -0.2) is 0 Å². The molecule has 2 atom stereocenters. The van der Waals surface area contributed by atoms with Crippen LogP contribution in [-0.2, 0) is 0 Å². The highest BCUT2D eigenvalue weighted by Crippen LogP contribution is 2.09. The molecule has 0 aromatic heterocycles. The molecule has 0 radical (unpaired) electrons. The average Bonchev–Trinajstić information content (AvgIpc) is 2.17. The molecule has 3 heteroatoms. The quantitative estimate of drug-likeness (QED) is 0.628. The lowest BCUT2D eigenvalue weighted by Gasteiger charge is -2.30. The summed E-state index contributed by atoms with van der Waals surface area (Å²) in [6.45, 7) is 8.99. The smallest absolute Gasteiger partial charge is 0.0157 e. The van der Waals surface area contributed by atoms with Gasteiger partial charge >= 0.3 is 0 Å². The van der Waals surface area contributed by atoms with Gasteiger partial charge in [0.25, 0.3) is 0 Å². The number of hydrogen-bond donors (Lipinski definition) is 1. The number of nitrogens with one attached hydrogen (secondary N) is 1. The van der Waals surface area contributed by atoms with E-state index in [4.69, 9.17) is 0 Å². The Morgan fingerprint density at radius 2 is 1.93 bits per heavy atom. The molecule has 0 aromatic carbocycles. The minimum Gasteiger partial charge on any atom is -0.317 e. The largest absolute Gasteiger partial charge is 0.317 e. The van der Waals surface area contributed by atoms with E-state index >= 15 is 0 Å². The summed E-state index contributed by atoms with van der Waals surface area (Å²) in [7, 11) is 2.23. The molecule has 0 aliphatic carbocycles. The van der Waals surface area contributed by atoms with Crippen molar-refractivity contribution in [2.75, 3.05) is 32.1 Å². The fraction of sp³-hybridized carbons (Fsp3) is 1.00. The summed E-state index contributed by atoms with van der Waals surface area (Å²) in [4.78, 5) is 2.48. The van der Waals surface area contributed by atoms with Crippen molar-refractivity contribution in [3.8, 4) is 0 Å². The Hall–Kier alpha value is 0.270. The molecule has 0 amide bonds. The van der Waals surface area contributed by atoms with Crippen LogP contribution in [0.4, 0.5) is 0 Å². The lowest BCUT2D eigenvalue weighted by molar-refractivity contribution is 0.201. The number of thioether (sulfide) groups is 1. The summed E-state index contributed by atoms with van der Waals surface area (Å²) < 4.78 is 0. The maximum Gasteiger partial charge on any atom is 0.0157 e. The van der Waals surface area contributed by atoms with E-state index < -0.39 is 0 Å². The van der Waals surface area contributed by atoms with Crippen molar-refractivity contribution in [3.05, 3.63) is 0 Å². The first kappa shape index (κ1) is 14.3. The van der Waals surface area contributed by atoms with Gasteiger partial charge in [-0.3, -0.25) is 0 Å². The van der Waals surface area contributed by atoms with Crippen LogP contribution in [0.15, 0.2) is 0 Å². The summed E-state index contributed by atoms with van der Waals surface area (Å²) in [5.41, 5.74) is 0.